The zero-order valence-electron chi connectivity index (χ0n) is 14.4. The monoisotopic (exact) mass is 352 g/mol. The SMILES string of the molecule is COc1cc(CCc2n[nH]c(Cc3cccnc3)c2C(N)=O)ccc1O. The summed E-state index contributed by atoms with van der Waals surface area (Å²) in [7, 11) is 1.50. The third-order valence-electron chi connectivity index (χ3n) is 4.16. The highest BCUT2D eigenvalue weighted by Crippen LogP contribution is 2.27. The van der Waals surface area contributed by atoms with Gasteiger partial charge in [0, 0.05) is 18.8 Å². The zero-order valence-corrected chi connectivity index (χ0v) is 14.4. The lowest BCUT2D eigenvalue weighted by Gasteiger charge is -2.07. The number of amides is 1. The van der Waals surface area contributed by atoms with E-state index in [0.29, 0.717) is 42.0 Å². The van der Waals surface area contributed by atoms with Crippen LogP contribution in [0.3, 0.4) is 0 Å². The van der Waals surface area contributed by atoms with E-state index in [1.165, 1.54) is 7.11 Å². The number of aromatic hydroxyl groups is 1. The Balaban J connectivity index is 1.79. The highest BCUT2D eigenvalue weighted by Gasteiger charge is 2.18. The van der Waals surface area contributed by atoms with Crippen molar-refractivity contribution in [2.75, 3.05) is 7.11 Å². The number of benzene rings is 1. The molecular weight excluding hydrogens is 332 g/mol. The molecule has 2 heterocycles. The molecule has 4 N–H and O–H groups in total. The Bertz CT molecular complexity index is 906. The van der Waals surface area contributed by atoms with Crippen molar-refractivity contribution in [3.05, 3.63) is 70.8 Å². The van der Waals surface area contributed by atoms with E-state index in [2.05, 4.69) is 15.2 Å². The van der Waals surface area contributed by atoms with Gasteiger partial charge in [-0.1, -0.05) is 12.1 Å². The summed E-state index contributed by atoms with van der Waals surface area (Å²) in [5.41, 5.74) is 9.25. The van der Waals surface area contributed by atoms with Gasteiger partial charge in [0.2, 0.25) is 0 Å². The lowest BCUT2D eigenvalue weighted by Crippen LogP contribution is -2.15. The number of nitrogens with zero attached hydrogens (tertiary/aromatic N) is 2. The molecule has 3 rings (SSSR count). The number of primary amides is 1. The number of rotatable bonds is 7. The number of carbonyl (C=O) groups excluding carboxylic acids is 1. The van der Waals surface area contributed by atoms with E-state index >= 15 is 0 Å². The lowest BCUT2D eigenvalue weighted by atomic mass is 10.0. The van der Waals surface area contributed by atoms with Gasteiger partial charge in [-0.3, -0.25) is 14.9 Å². The topological polar surface area (TPSA) is 114 Å². The van der Waals surface area contributed by atoms with Crippen LogP contribution in [0.15, 0.2) is 42.7 Å². The van der Waals surface area contributed by atoms with Crippen molar-refractivity contribution < 1.29 is 14.6 Å². The summed E-state index contributed by atoms with van der Waals surface area (Å²) in [6, 6.07) is 8.94. The molecule has 0 saturated carbocycles. The molecular formula is C19H20N4O3. The van der Waals surface area contributed by atoms with Crippen molar-refractivity contribution in [1.29, 1.82) is 0 Å². The Morgan fingerprint density at radius 1 is 1.27 bits per heavy atom. The second-order valence-electron chi connectivity index (χ2n) is 5.93. The quantitative estimate of drug-likeness (QED) is 0.602. The Morgan fingerprint density at radius 3 is 2.81 bits per heavy atom. The molecule has 1 aromatic carbocycles. The van der Waals surface area contributed by atoms with Crippen molar-refractivity contribution in [3.63, 3.8) is 0 Å². The maximum Gasteiger partial charge on any atom is 0.252 e. The van der Waals surface area contributed by atoms with Gasteiger partial charge in [0.25, 0.3) is 5.91 Å². The van der Waals surface area contributed by atoms with Gasteiger partial charge in [0.15, 0.2) is 11.5 Å². The number of nitrogens with two attached hydrogens (primary N) is 1. The summed E-state index contributed by atoms with van der Waals surface area (Å²) in [6.07, 6.45) is 5.12. The number of phenolic OH excluding ortho intramolecular Hbond substituents is 1. The number of methoxy groups -OCH3 is 1. The zero-order chi connectivity index (χ0) is 18.5. The van der Waals surface area contributed by atoms with Gasteiger partial charge in [-0.05, 0) is 42.2 Å². The molecule has 2 aromatic heterocycles. The van der Waals surface area contributed by atoms with Crippen LogP contribution in [0.25, 0.3) is 0 Å². The first-order valence-electron chi connectivity index (χ1n) is 8.19. The lowest BCUT2D eigenvalue weighted by molar-refractivity contribution is 0.0998. The molecule has 0 atom stereocenters. The molecule has 0 fully saturated rings. The van der Waals surface area contributed by atoms with E-state index in [4.69, 9.17) is 10.5 Å². The van der Waals surface area contributed by atoms with Crippen molar-refractivity contribution in [2.45, 2.75) is 19.3 Å². The van der Waals surface area contributed by atoms with E-state index in [1.807, 2.05) is 18.2 Å². The second-order valence-corrected chi connectivity index (χ2v) is 5.93. The number of carbonyl (C=O) groups is 1. The van der Waals surface area contributed by atoms with Gasteiger partial charge >= 0.3 is 0 Å². The van der Waals surface area contributed by atoms with E-state index < -0.39 is 5.91 Å². The second kappa shape index (κ2) is 7.69. The fourth-order valence-corrected chi connectivity index (χ4v) is 2.87. The van der Waals surface area contributed by atoms with Gasteiger partial charge in [-0.2, -0.15) is 5.10 Å². The van der Waals surface area contributed by atoms with Crippen LogP contribution in [-0.4, -0.2) is 33.3 Å². The smallest absolute Gasteiger partial charge is 0.252 e. The third-order valence-corrected chi connectivity index (χ3v) is 4.16. The molecule has 7 nitrogen and oxygen atoms in total. The number of aromatic nitrogens is 3. The average molecular weight is 352 g/mol. The van der Waals surface area contributed by atoms with Gasteiger partial charge in [0.1, 0.15) is 0 Å². The maximum absolute atomic E-state index is 11.9. The molecule has 0 unspecified atom stereocenters. The molecule has 0 aliphatic heterocycles. The average Bonchev–Trinajstić information content (AvgIpc) is 3.04. The molecule has 1 amide bonds. The molecule has 134 valence electrons. The minimum Gasteiger partial charge on any atom is -0.504 e. The molecule has 0 aliphatic carbocycles. The van der Waals surface area contributed by atoms with E-state index in [1.54, 1.807) is 24.5 Å². The molecule has 7 heteroatoms. The summed E-state index contributed by atoms with van der Waals surface area (Å²) >= 11 is 0. The van der Waals surface area contributed by atoms with Crippen LogP contribution in [0, 0.1) is 0 Å². The first kappa shape index (κ1) is 17.5. The van der Waals surface area contributed by atoms with E-state index in [-0.39, 0.29) is 5.75 Å². The Hall–Kier alpha value is -3.35. The standard InChI is InChI=1S/C19H20N4O3/c1-26-17-10-12(5-7-16(17)24)4-6-14-18(19(20)25)15(23-22-14)9-13-3-2-8-21-11-13/h2-3,5,7-8,10-11,24H,4,6,9H2,1H3,(H2,20,25)(H,22,23). The van der Waals surface area contributed by atoms with Crippen LogP contribution in [0.1, 0.15) is 32.9 Å². The largest absolute Gasteiger partial charge is 0.504 e. The first-order valence-corrected chi connectivity index (χ1v) is 8.19. The number of hydrogen-bond acceptors (Lipinski definition) is 5. The summed E-state index contributed by atoms with van der Waals surface area (Å²) < 4.78 is 5.12. The van der Waals surface area contributed by atoms with Crippen molar-refractivity contribution in [2.24, 2.45) is 5.73 Å². The normalized spacial score (nSPS) is 10.7. The highest BCUT2D eigenvalue weighted by atomic mass is 16.5. The van der Waals surface area contributed by atoms with Crippen LogP contribution < -0.4 is 10.5 Å². The van der Waals surface area contributed by atoms with E-state index in [0.717, 1.165) is 11.1 Å². The number of hydrogen-bond donors (Lipinski definition) is 3. The summed E-state index contributed by atoms with van der Waals surface area (Å²) in [4.78, 5) is 16.0. The fraction of sp³-hybridized carbons (Fsp3) is 0.211. The number of aryl methyl sites for hydroxylation is 2. The number of pyridine rings is 1. The van der Waals surface area contributed by atoms with Gasteiger partial charge in [0.05, 0.1) is 24.1 Å². The van der Waals surface area contributed by atoms with Crippen molar-refractivity contribution in [1.82, 2.24) is 15.2 Å². The summed E-state index contributed by atoms with van der Waals surface area (Å²) in [5.74, 6) is 0.000414. The van der Waals surface area contributed by atoms with Gasteiger partial charge < -0.3 is 15.6 Å². The predicted octanol–water partition coefficient (Wildman–Crippen LogP) is 1.99. The van der Waals surface area contributed by atoms with Crippen molar-refractivity contribution >= 4 is 5.91 Å². The highest BCUT2D eigenvalue weighted by molar-refractivity contribution is 5.95. The Kier molecular flexibility index (Phi) is 5.17. The number of nitrogens with one attached hydrogen (secondary N) is 1. The molecule has 0 aliphatic rings. The first-order chi connectivity index (χ1) is 12.6. The summed E-state index contributed by atoms with van der Waals surface area (Å²) in [6.45, 7) is 0. The molecule has 0 bridgehead atoms. The number of ether oxygens (including phenoxy) is 1. The Morgan fingerprint density at radius 2 is 2.12 bits per heavy atom. The molecule has 0 radical (unpaired) electrons. The fourth-order valence-electron chi connectivity index (χ4n) is 2.87. The molecule has 0 spiro atoms. The third kappa shape index (κ3) is 3.83. The minimum atomic E-state index is -0.504. The minimum absolute atomic E-state index is 0.0904. The molecule has 3 aromatic rings. The van der Waals surface area contributed by atoms with Crippen LogP contribution in [-0.2, 0) is 19.3 Å². The summed E-state index contributed by atoms with van der Waals surface area (Å²) in [5, 5.41) is 16.9. The number of phenols is 1. The number of H-pyrrole nitrogens is 1. The molecule has 0 saturated heterocycles. The van der Waals surface area contributed by atoms with Crippen LogP contribution in [0.2, 0.25) is 0 Å². The van der Waals surface area contributed by atoms with Crippen LogP contribution >= 0.6 is 0 Å². The van der Waals surface area contributed by atoms with Gasteiger partial charge in [-0.25, -0.2) is 0 Å². The van der Waals surface area contributed by atoms with Crippen LogP contribution in [0.5, 0.6) is 11.5 Å². The van der Waals surface area contributed by atoms with E-state index in [9.17, 15) is 9.90 Å². The predicted molar refractivity (Wildman–Crippen MR) is 96.2 cm³/mol. The number of aromatic amines is 1. The maximum atomic E-state index is 11.9. The van der Waals surface area contributed by atoms with Crippen LogP contribution in [0.4, 0.5) is 0 Å². The van der Waals surface area contributed by atoms with Crippen molar-refractivity contribution in [3.8, 4) is 11.5 Å². The van der Waals surface area contributed by atoms with Gasteiger partial charge in [-0.15, -0.1) is 0 Å². The molecule has 26 heavy (non-hydrogen) atoms. The Labute approximate surface area is 150 Å².